The molecule has 0 spiro atoms. The predicted molar refractivity (Wildman–Crippen MR) is 94.8 cm³/mol. The van der Waals surface area contributed by atoms with E-state index in [1.165, 1.54) is 13.8 Å². The number of ketones is 1. The van der Waals surface area contributed by atoms with Crippen LogP contribution in [0, 0.1) is 15.5 Å². The van der Waals surface area contributed by atoms with Gasteiger partial charge >= 0.3 is 12.1 Å². The van der Waals surface area contributed by atoms with Gasteiger partial charge in [0.1, 0.15) is 16.8 Å². The van der Waals surface area contributed by atoms with Gasteiger partial charge in [0.15, 0.2) is 0 Å². The number of carboxylic acids is 1. The topological polar surface area (TPSA) is 118 Å². The Labute approximate surface area is 164 Å². The van der Waals surface area contributed by atoms with Crippen LogP contribution in [0.5, 0.6) is 0 Å². The molecule has 0 amide bonds. The smallest absolute Gasteiger partial charge is 0.416 e. The molecule has 0 heterocycles. The minimum Gasteiger partial charge on any atom is -0.480 e. The van der Waals surface area contributed by atoms with E-state index in [9.17, 15) is 43.1 Å². The molecule has 0 saturated heterocycles. The molecule has 1 aliphatic carbocycles. The fourth-order valence-corrected chi connectivity index (χ4v) is 4.97. The van der Waals surface area contributed by atoms with Crippen molar-refractivity contribution in [3.63, 3.8) is 0 Å². The van der Waals surface area contributed by atoms with Gasteiger partial charge in [-0.25, -0.2) is 0 Å². The zero-order valence-corrected chi connectivity index (χ0v) is 16.1. The van der Waals surface area contributed by atoms with Crippen molar-refractivity contribution in [2.45, 2.75) is 63.3 Å². The molecular weight excluding hydrogens is 395 g/mol. The van der Waals surface area contributed by atoms with Crippen molar-refractivity contribution in [2.75, 3.05) is 0 Å². The Morgan fingerprint density at radius 3 is 2.10 bits per heavy atom. The number of carbonyl (C=O) groups is 2. The number of rotatable bonds is 5. The van der Waals surface area contributed by atoms with Gasteiger partial charge in [-0.2, -0.15) is 13.2 Å². The number of aliphatic hydroxyl groups is 1. The Bertz CT molecular complexity index is 819. The van der Waals surface area contributed by atoms with Crippen LogP contribution in [-0.4, -0.2) is 38.5 Å². The van der Waals surface area contributed by atoms with Crippen molar-refractivity contribution >= 4 is 11.8 Å². The van der Waals surface area contributed by atoms with Crippen molar-refractivity contribution in [3.8, 4) is 0 Å². The molecule has 160 valence electrons. The van der Waals surface area contributed by atoms with Gasteiger partial charge < -0.3 is 10.2 Å². The number of benzene rings is 1. The first-order chi connectivity index (χ1) is 13.2. The third kappa shape index (κ3) is 3.19. The second kappa shape index (κ2) is 7.08. The summed E-state index contributed by atoms with van der Waals surface area (Å²) in [5.74, 6) is -2.46. The van der Waals surface area contributed by atoms with Crippen LogP contribution >= 0.6 is 0 Å². The van der Waals surface area contributed by atoms with Crippen LogP contribution in [0.15, 0.2) is 24.3 Å². The van der Waals surface area contributed by atoms with E-state index in [1.807, 2.05) is 0 Å². The Morgan fingerprint density at radius 1 is 1.24 bits per heavy atom. The average Bonchev–Trinajstić information content (AvgIpc) is 2.58. The van der Waals surface area contributed by atoms with E-state index in [4.69, 9.17) is 0 Å². The predicted octanol–water partition coefficient (Wildman–Crippen LogP) is 3.20. The van der Waals surface area contributed by atoms with Crippen LogP contribution in [0.2, 0.25) is 0 Å². The van der Waals surface area contributed by atoms with Crippen molar-refractivity contribution in [1.29, 1.82) is 0 Å². The van der Waals surface area contributed by atoms with Gasteiger partial charge in [0.2, 0.25) is 0 Å². The highest BCUT2D eigenvalue weighted by Gasteiger charge is 2.74. The van der Waals surface area contributed by atoms with Crippen molar-refractivity contribution < 1.29 is 37.9 Å². The average molecular weight is 417 g/mol. The summed E-state index contributed by atoms with van der Waals surface area (Å²) in [5, 5.41) is 32.9. The number of carboxylic acid groups (broad SMARTS) is 1. The van der Waals surface area contributed by atoms with Crippen LogP contribution in [-0.2, 0) is 21.2 Å². The molecular formula is C19H22F3NO6. The third-order valence-electron chi connectivity index (χ3n) is 6.29. The lowest BCUT2D eigenvalue weighted by Crippen LogP contribution is -2.71. The summed E-state index contributed by atoms with van der Waals surface area (Å²) in [4.78, 5) is 36.2. The zero-order chi connectivity index (χ0) is 22.4. The lowest BCUT2D eigenvalue weighted by molar-refractivity contribution is -0.565. The summed E-state index contributed by atoms with van der Waals surface area (Å²) in [6.45, 7) is 3.61. The van der Waals surface area contributed by atoms with Crippen LogP contribution in [0.3, 0.4) is 0 Å². The molecule has 1 aliphatic rings. The molecule has 1 aromatic carbocycles. The molecule has 0 aromatic heterocycles. The summed E-state index contributed by atoms with van der Waals surface area (Å²) in [5.41, 5.74) is -7.43. The highest BCUT2D eigenvalue weighted by atomic mass is 19.4. The van der Waals surface area contributed by atoms with Gasteiger partial charge in [-0.15, -0.1) is 0 Å². The van der Waals surface area contributed by atoms with E-state index in [2.05, 4.69) is 0 Å². The summed E-state index contributed by atoms with van der Waals surface area (Å²) in [6, 6.07) is 1.39. The second-order valence-corrected chi connectivity index (χ2v) is 7.71. The number of nitro groups is 1. The van der Waals surface area contributed by atoms with E-state index in [0.29, 0.717) is 12.1 Å². The number of hydrogen-bond acceptors (Lipinski definition) is 5. The molecule has 29 heavy (non-hydrogen) atoms. The zero-order valence-electron chi connectivity index (χ0n) is 16.1. The van der Waals surface area contributed by atoms with Gasteiger partial charge in [-0.05, 0) is 50.8 Å². The van der Waals surface area contributed by atoms with E-state index in [1.54, 1.807) is 0 Å². The van der Waals surface area contributed by atoms with E-state index < -0.39 is 50.9 Å². The number of alkyl halides is 3. The van der Waals surface area contributed by atoms with Gasteiger partial charge in [-0.1, -0.05) is 19.1 Å². The van der Waals surface area contributed by atoms with Gasteiger partial charge in [0, 0.05) is 4.92 Å². The van der Waals surface area contributed by atoms with Crippen molar-refractivity contribution in [1.82, 2.24) is 0 Å². The Kier molecular flexibility index (Phi) is 5.57. The Morgan fingerprint density at radius 2 is 1.76 bits per heavy atom. The highest BCUT2D eigenvalue weighted by molar-refractivity contribution is 6.04. The third-order valence-corrected chi connectivity index (χ3v) is 6.29. The van der Waals surface area contributed by atoms with E-state index in [0.717, 1.165) is 19.1 Å². The molecule has 1 fully saturated rings. The Hall–Kier alpha value is -2.49. The monoisotopic (exact) mass is 417 g/mol. The van der Waals surface area contributed by atoms with E-state index >= 15 is 0 Å². The standard InChI is InChI=1S/C19H22F3NO6/c1-4-17(12-5-7-13(8-6-12)19(20,21)22)14(23(28)29)16(3,27)9-10-18(17,11(2)24)15(25)26/h5-8,14,27H,4,9-10H2,1-3H3,(H,25,26)/t14-,16-,17+,18-/m1/s1. The molecule has 7 nitrogen and oxygen atoms in total. The van der Waals surface area contributed by atoms with Gasteiger partial charge in [-0.3, -0.25) is 19.7 Å². The van der Waals surface area contributed by atoms with Crippen molar-refractivity contribution in [2.24, 2.45) is 5.41 Å². The lowest BCUT2D eigenvalue weighted by atomic mass is 9.46. The first-order valence-electron chi connectivity index (χ1n) is 8.96. The fourth-order valence-electron chi connectivity index (χ4n) is 4.97. The molecule has 0 aliphatic heterocycles. The minimum atomic E-state index is -4.66. The maximum absolute atomic E-state index is 13.0. The Balaban J connectivity index is 2.94. The molecule has 0 radical (unpaired) electrons. The largest absolute Gasteiger partial charge is 0.480 e. The highest BCUT2D eigenvalue weighted by Crippen LogP contribution is 2.58. The number of hydrogen-bond donors (Lipinski definition) is 2. The molecule has 4 atom stereocenters. The summed E-state index contributed by atoms with van der Waals surface area (Å²) in [7, 11) is 0. The molecule has 0 bridgehead atoms. The second-order valence-electron chi connectivity index (χ2n) is 7.71. The van der Waals surface area contributed by atoms with Gasteiger partial charge in [0.25, 0.3) is 6.04 Å². The SMILES string of the molecule is CC[C@]1(c2ccc(C(F)(F)F)cc2)[C@H]([N+](=O)[O-])[C@](C)(O)CC[C@@]1(C(C)=O)C(=O)O. The fraction of sp³-hybridized carbons (Fsp3) is 0.579. The number of halogens is 3. The molecule has 2 rings (SSSR count). The molecule has 10 heteroatoms. The molecule has 0 unspecified atom stereocenters. The van der Waals surface area contributed by atoms with Crippen LogP contribution in [0.25, 0.3) is 0 Å². The summed E-state index contributed by atoms with van der Waals surface area (Å²) < 4.78 is 38.9. The molecule has 2 N–H and O–H groups in total. The number of Topliss-reactive ketones (excluding diaryl/α,β-unsaturated/α-hetero) is 1. The summed E-state index contributed by atoms with van der Waals surface area (Å²) in [6.07, 6.45) is -5.63. The molecule has 1 aromatic rings. The normalized spacial score (nSPS) is 32.6. The first-order valence-corrected chi connectivity index (χ1v) is 8.96. The molecule has 1 saturated carbocycles. The van der Waals surface area contributed by atoms with Gasteiger partial charge in [0.05, 0.1) is 11.0 Å². The van der Waals surface area contributed by atoms with Crippen LogP contribution in [0.4, 0.5) is 13.2 Å². The lowest BCUT2D eigenvalue weighted by Gasteiger charge is -2.54. The maximum Gasteiger partial charge on any atom is 0.416 e. The number of nitrogens with zero attached hydrogens (tertiary/aromatic N) is 1. The quantitative estimate of drug-likeness (QED) is 0.432. The van der Waals surface area contributed by atoms with Crippen LogP contribution < -0.4 is 0 Å². The number of carbonyl (C=O) groups excluding carboxylic acids is 1. The van der Waals surface area contributed by atoms with Crippen LogP contribution in [0.1, 0.15) is 51.2 Å². The first kappa shape index (κ1) is 22.8. The van der Waals surface area contributed by atoms with Crippen molar-refractivity contribution in [3.05, 3.63) is 45.5 Å². The maximum atomic E-state index is 13.0. The van der Waals surface area contributed by atoms with E-state index in [-0.39, 0.29) is 24.8 Å². The summed E-state index contributed by atoms with van der Waals surface area (Å²) >= 11 is 0. The minimum absolute atomic E-state index is 0.104. The number of aliphatic carboxylic acids is 1.